The smallest absolute Gasteiger partial charge is 0.337 e. The number of benzene rings is 3. The zero-order valence-electron chi connectivity index (χ0n) is 19.5. The van der Waals surface area contributed by atoms with Gasteiger partial charge in [-0.3, -0.25) is 9.59 Å². The van der Waals surface area contributed by atoms with Gasteiger partial charge < -0.3 is 15.4 Å². The normalized spacial score (nSPS) is 11.4. The van der Waals surface area contributed by atoms with Crippen LogP contribution in [0.15, 0.2) is 78.9 Å². The minimum Gasteiger partial charge on any atom is -0.465 e. The van der Waals surface area contributed by atoms with Gasteiger partial charge >= 0.3 is 5.97 Å². The summed E-state index contributed by atoms with van der Waals surface area (Å²) < 4.78 is 4.78. The predicted octanol–water partition coefficient (Wildman–Crippen LogP) is 5.43. The van der Waals surface area contributed by atoms with E-state index in [0.29, 0.717) is 16.7 Å². The van der Waals surface area contributed by atoms with Gasteiger partial charge in [0, 0.05) is 16.8 Å². The molecule has 34 heavy (non-hydrogen) atoms. The largest absolute Gasteiger partial charge is 0.465 e. The Balaban J connectivity index is 1.62. The zero-order valence-corrected chi connectivity index (χ0v) is 19.5. The van der Waals surface area contributed by atoms with Crippen molar-refractivity contribution in [1.82, 2.24) is 5.32 Å². The monoisotopic (exact) mass is 458 g/mol. The van der Waals surface area contributed by atoms with E-state index in [4.69, 9.17) is 4.74 Å². The van der Waals surface area contributed by atoms with E-state index in [-0.39, 0.29) is 30.2 Å². The molecule has 1 unspecified atom stereocenters. The number of unbranched alkanes of at least 4 members (excludes halogenated alkanes) is 1. The van der Waals surface area contributed by atoms with Crippen LogP contribution in [0.5, 0.6) is 0 Å². The lowest BCUT2D eigenvalue weighted by atomic mass is 9.99. The third kappa shape index (κ3) is 6.78. The van der Waals surface area contributed by atoms with E-state index in [1.807, 2.05) is 30.3 Å². The van der Waals surface area contributed by atoms with Gasteiger partial charge in [-0.15, -0.1) is 0 Å². The Morgan fingerprint density at radius 3 is 2.09 bits per heavy atom. The highest BCUT2D eigenvalue weighted by molar-refractivity contribution is 6.02. The lowest BCUT2D eigenvalue weighted by Gasteiger charge is -2.21. The Morgan fingerprint density at radius 2 is 1.47 bits per heavy atom. The fourth-order valence-corrected chi connectivity index (χ4v) is 3.61. The molecule has 0 spiro atoms. The van der Waals surface area contributed by atoms with Gasteiger partial charge in [0.15, 0.2) is 5.78 Å². The molecule has 0 aliphatic heterocycles. The van der Waals surface area contributed by atoms with E-state index in [9.17, 15) is 14.4 Å². The second-order valence-corrected chi connectivity index (χ2v) is 8.00. The standard InChI is InChI=1S/C28H30N2O4/c1-3-4-10-25(20-11-13-23(14-12-20)28(33)34-2)30-24-17-15-21(16-18-24)26(31)19-29-27(32)22-8-6-5-7-9-22/h5-9,11-18,25,30H,3-4,10,19H2,1-2H3,(H,29,32). The molecular weight excluding hydrogens is 428 g/mol. The number of rotatable bonds is 11. The Labute approximate surface area is 200 Å². The Bertz CT molecular complexity index is 1090. The number of ether oxygens (including phenoxy) is 1. The maximum Gasteiger partial charge on any atom is 0.337 e. The Morgan fingerprint density at radius 1 is 0.824 bits per heavy atom. The summed E-state index contributed by atoms with van der Waals surface area (Å²) in [5.74, 6) is -0.786. The number of anilines is 1. The first-order valence-corrected chi connectivity index (χ1v) is 11.4. The fourth-order valence-electron chi connectivity index (χ4n) is 3.61. The molecule has 2 N–H and O–H groups in total. The summed E-state index contributed by atoms with van der Waals surface area (Å²) in [6.07, 6.45) is 3.05. The summed E-state index contributed by atoms with van der Waals surface area (Å²) >= 11 is 0. The molecule has 0 aromatic heterocycles. The van der Waals surface area contributed by atoms with Gasteiger partial charge in [0.05, 0.1) is 25.3 Å². The molecule has 0 bridgehead atoms. The molecule has 0 radical (unpaired) electrons. The molecule has 6 nitrogen and oxygen atoms in total. The Kier molecular flexibility index (Phi) is 8.97. The summed E-state index contributed by atoms with van der Waals surface area (Å²) in [7, 11) is 1.37. The quantitative estimate of drug-likeness (QED) is 0.296. The highest BCUT2D eigenvalue weighted by Crippen LogP contribution is 2.25. The molecule has 1 amide bonds. The molecule has 0 saturated carbocycles. The van der Waals surface area contributed by atoms with Crippen LogP contribution in [0.3, 0.4) is 0 Å². The maximum absolute atomic E-state index is 12.5. The van der Waals surface area contributed by atoms with E-state index in [0.717, 1.165) is 30.5 Å². The first kappa shape index (κ1) is 24.7. The first-order valence-electron chi connectivity index (χ1n) is 11.4. The summed E-state index contributed by atoms with van der Waals surface area (Å²) in [5.41, 5.74) is 3.54. The SMILES string of the molecule is CCCCC(Nc1ccc(C(=O)CNC(=O)c2ccccc2)cc1)c1ccc(C(=O)OC)cc1. The van der Waals surface area contributed by atoms with Crippen LogP contribution in [0, 0.1) is 0 Å². The van der Waals surface area contributed by atoms with Crippen molar-refractivity contribution in [2.75, 3.05) is 19.0 Å². The molecule has 0 fully saturated rings. The lowest BCUT2D eigenvalue weighted by Crippen LogP contribution is -2.29. The number of carbonyl (C=O) groups excluding carboxylic acids is 3. The van der Waals surface area contributed by atoms with E-state index in [1.165, 1.54) is 7.11 Å². The molecule has 1 atom stereocenters. The van der Waals surface area contributed by atoms with Gasteiger partial charge in [0.2, 0.25) is 0 Å². The van der Waals surface area contributed by atoms with E-state index in [1.54, 1.807) is 48.5 Å². The number of nitrogens with one attached hydrogen (secondary N) is 2. The minimum absolute atomic E-state index is 0.0633. The van der Waals surface area contributed by atoms with Crippen molar-refractivity contribution in [3.05, 3.63) is 101 Å². The van der Waals surface area contributed by atoms with Crippen molar-refractivity contribution in [3.8, 4) is 0 Å². The van der Waals surface area contributed by atoms with Crippen LogP contribution < -0.4 is 10.6 Å². The number of ketones is 1. The molecule has 0 aliphatic carbocycles. The highest BCUT2D eigenvalue weighted by atomic mass is 16.5. The third-order valence-electron chi connectivity index (χ3n) is 5.57. The van der Waals surface area contributed by atoms with Crippen LogP contribution in [-0.2, 0) is 4.74 Å². The number of hydrogen-bond acceptors (Lipinski definition) is 5. The average molecular weight is 459 g/mol. The maximum atomic E-state index is 12.5. The minimum atomic E-state index is -0.357. The number of amides is 1. The van der Waals surface area contributed by atoms with E-state index >= 15 is 0 Å². The van der Waals surface area contributed by atoms with Crippen LogP contribution in [0.25, 0.3) is 0 Å². The molecule has 3 aromatic rings. The van der Waals surface area contributed by atoms with Crippen molar-refractivity contribution < 1.29 is 19.1 Å². The number of esters is 1. The number of methoxy groups -OCH3 is 1. The summed E-state index contributed by atoms with van der Waals surface area (Å²) in [6, 6.07) is 23.6. The van der Waals surface area contributed by atoms with Crippen molar-refractivity contribution in [3.63, 3.8) is 0 Å². The van der Waals surface area contributed by atoms with Crippen LogP contribution in [0.4, 0.5) is 5.69 Å². The lowest BCUT2D eigenvalue weighted by molar-refractivity contribution is 0.0600. The number of carbonyl (C=O) groups is 3. The molecule has 3 rings (SSSR count). The fraction of sp³-hybridized carbons (Fsp3) is 0.250. The summed E-state index contributed by atoms with van der Waals surface area (Å²) in [6.45, 7) is 2.08. The first-order chi connectivity index (χ1) is 16.5. The topological polar surface area (TPSA) is 84.5 Å². The van der Waals surface area contributed by atoms with Gasteiger partial charge in [0.25, 0.3) is 5.91 Å². The molecular formula is C28H30N2O4. The molecule has 6 heteroatoms. The average Bonchev–Trinajstić information content (AvgIpc) is 2.90. The van der Waals surface area contributed by atoms with Crippen LogP contribution in [-0.4, -0.2) is 31.3 Å². The summed E-state index contributed by atoms with van der Waals surface area (Å²) in [5, 5.41) is 6.20. The van der Waals surface area contributed by atoms with Gasteiger partial charge in [0.1, 0.15) is 0 Å². The highest BCUT2D eigenvalue weighted by Gasteiger charge is 2.14. The van der Waals surface area contributed by atoms with Gasteiger partial charge in [-0.2, -0.15) is 0 Å². The van der Waals surface area contributed by atoms with E-state index in [2.05, 4.69) is 17.6 Å². The molecule has 0 aliphatic rings. The van der Waals surface area contributed by atoms with Gasteiger partial charge in [-0.25, -0.2) is 4.79 Å². The molecule has 0 saturated heterocycles. The molecule has 0 heterocycles. The second kappa shape index (κ2) is 12.3. The zero-order chi connectivity index (χ0) is 24.3. The van der Waals surface area contributed by atoms with Crippen molar-refractivity contribution in [2.24, 2.45) is 0 Å². The number of Topliss-reactive ketones (excluding diaryl/α,β-unsaturated/α-hetero) is 1. The van der Waals surface area contributed by atoms with Gasteiger partial charge in [-0.1, -0.05) is 50.1 Å². The van der Waals surface area contributed by atoms with Crippen molar-refractivity contribution in [2.45, 2.75) is 32.2 Å². The van der Waals surface area contributed by atoms with Gasteiger partial charge in [-0.05, 0) is 60.5 Å². The van der Waals surface area contributed by atoms with Crippen LogP contribution >= 0.6 is 0 Å². The molecule has 3 aromatic carbocycles. The summed E-state index contributed by atoms with van der Waals surface area (Å²) in [4.78, 5) is 36.4. The van der Waals surface area contributed by atoms with E-state index < -0.39 is 0 Å². The van der Waals surface area contributed by atoms with Crippen LogP contribution in [0.1, 0.15) is 68.9 Å². The Hall–Kier alpha value is -3.93. The number of hydrogen-bond donors (Lipinski definition) is 2. The predicted molar refractivity (Wildman–Crippen MR) is 133 cm³/mol. The third-order valence-corrected chi connectivity index (χ3v) is 5.57. The van der Waals surface area contributed by atoms with Crippen LogP contribution in [0.2, 0.25) is 0 Å². The van der Waals surface area contributed by atoms with Crippen molar-refractivity contribution >= 4 is 23.3 Å². The van der Waals surface area contributed by atoms with Crippen molar-refractivity contribution in [1.29, 1.82) is 0 Å². The molecule has 176 valence electrons. The second-order valence-electron chi connectivity index (χ2n) is 8.00.